The van der Waals surface area contributed by atoms with Crippen LogP contribution in [-0.2, 0) is 11.3 Å². The Balaban J connectivity index is 1.33. The Hall–Kier alpha value is -3.43. The van der Waals surface area contributed by atoms with Crippen molar-refractivity contribution >= 4 is 23.5 Å². The fourth-order valence-corrected chi connectivity index (χ4v) is 5.66. The Bertz CT molecular complexity index is 1140. The van der Waals surface area contributed by atoms with Crippen molar-refractivity contribution in [2.75, 3.05) is 37.6 Å². The normalized spacial score (nSPS) is 22.3. The summed E-state index contributed by atoms with van der Waals surface area (Å²) >= 11 is 0. The molecule has 3 aliphatic rings. The molecule has 37 heavy (non-hydrogen) atoms. The number of aromatic nitrogens is 3. The van der Waals surface area contributed by atoms with Gasteiger partial charge in [0, 0.05) is 51.0 Å². The number of carbonyl (C=O) groups is 3. The topological polar surface area (TPSA) is 104 Å². The number of carbonyl (C=O) groups excluding carboxylic acids is 3. The lowest BCUT2D eigenvalue weighted by Gasteiger charge is -2.43. The van der Waals surface area contributed by atoms with E-state index in [1.807, 2.05) is 25.1 Å². The molecule has 5 rings (SSSR count). The Morgan fingerprint density at radius 1 is 1.14 bits per heavy atom. The number of pyridine rings is 1. The molecule has 0 unspecified atom stereocenters. The van der Waals surface area contributed by atoms with Crippen LogP contribution in [0.4, 0.5) is 5.82 Å². The molecule has 2 aromatic heterocycles. The second-order valence-electron chi connectivity index (χ2n) is 10.6. The summed E-state index contributed by atoms with van der Waals surface area (Å²) in [4.78, 5) is 50.5. The van der Waals surface area contributed by atoms with E-state index >= 15 is 0 Å². The van der Waals surface area contributed by atoms with Gasteiger partial charge in [-0.15, -0.1) is 0 Å². The number of nitrogens with one attached hydrogen (secondary N) is 1. The van der Waals surface area contributed by atoms with Gasteiger partial charge in [-0.25, -0.2) is 4.98 Å². The third kappa shape index (κ3) is 4.93. The highest BCUT2D eigenvalue weighted by Crippen LogP contribution is 2.29. The van der Waals surface area contributed by atoms with Crippen LogP contribution in [0.1, 0.15) is 73.3 Å². The molecular weight excluding hydrogens is 470 g/mol. The molecule has 10 heteroatoms. The first-order chi connectivity index (χ1) is 17.9. The smallest absolute Gasteiger partial charge is 0.274 e. The Labute approximate surface area is 218 Å². The highest BCUT2D eigenvalue weighted by Gasteiger charge is 2.48. The van der Waals surface area contributed by atoms with Gasteiger partial charge in [-0.1, -0.05) is 32.3 Å². The van der Waals surface area contributed by atoms with E-state index in [0.717, 1.165) is 44.3 Å². The van der Waals surface area contributed by atoms with Gasteiger partial charge < -0.3 is 20.0 Å². The van der Waals surface area contributed by atoms with E-state index in [1.165, 1.54) is 0 Å². The number of unbranched alkanes of at least 4 members (excludes halogenated alkanes) is 1. The Morgan fingerprint density at radius 3 is 2.57 bits per heavy atom. The summed E-state index contributed by atoms with van der Waals surface area (Å²) in [5.74, 6) is 0.339. The predicted octanol–water partition coefficient (Wildman–Crippen LogP) is 2.31. The third-order valence-electron chi connectivity index (χ3n) is 7.97. The van der Waals surface area contributed by atoms with Crippen LogP contribution in [0, 0.1) is 0 Å². The lowest BCUT2D eigenvalue weighted by atomic mass is 9.94. The van der Waals surface area contributed by atoms with E-state index in [1.54, 1.807) is 26.7 Å². The first-order valence-electron chi connectivity index (χ1n) is 13.6. The summed E-state index contributed by atoms with van der Waals surface area (Å²) in [5, 5.41) is 7.74. The maximum absolute atomic E-state index is 13.6. The van der Waals surface area contributed by atoms with E-state index in [4.69, 9.17) is 0 Å². The van der Waals surface area contributed by atoms with Gasteiger partial charge in [0.25, 0.3) is 11.8 Å². The molecule has 0 aromatic carbocycles. The van der Waals surface area contributed by atoms with Crippen molar-refractivity contribution in [3.05, 3.63) is 41.9 Å². The van der Waals surface area contributed by atoms with Crippen molar-refractivity contribution < 1.29 is 14.4 Å². The molecule has 2 fully saturated rings. The van der Waals surface area contributed by atoms with Gasteiger partial charge in [0.15, 0.2) is 5.69 Å². The summed E-state index contributed by atoms with van der Waals surface area (Å²) in [5.41, 5.74) is -0.425. The van der Waals surface area contributed by atoms with Gasteiger partial charge in [-0.3, -0.25) is 19.1 Å². The van der Waals surface area contributed by atoms with E-state index < -0.39 is 5.54 Å². The second-order valence-corrected chi connectivity index (χ2v) is 10.6. The van der Waals surface area contributed by atoms with Crippen LogP contribution in [0.15, 0.2) is 30.5 Å². The largest absolute Gasteiger partial charge is 0.353 e. The van der Waals surface area contributed by atoms with Crippen LogP contribution < -0.4 is 10.2 Å². The van der Waals surface area contributed by atoms with E-state index in [2.05, 4.69) is 27.2 Å². The molecule has 2 aromatic rings. The summed E-state index contributed by atoms with van der Waals surface area (Å²) < 4.78 is 1.57. The lowest BCUT2D eigenvalue weighted by Crippen LogP contribution is -2.65. The van der Waals surface area contributed by atoms with Gasteiger partial charge in [-0.2, -0.15) is 5.10 Å². The van der Waals surface area contributed by atoms with Crippen molar-refractivity contribution in [2.24, 2.45) is 0 Å². The Morgan fingerprint density at radius 2 is 1.89 bits per heavy atom. The Kier molecular flexibility index (Phi) is 7.17. The minimum Gasteiger partial charge on any atom is -0.353 e. The first-order valence-corrected chi connectivity index (χ1v) is 13.6. The van der Waals surface area contributed by atoms with Gasteiger partial charge in [0.2, 0.25) is 5.91 Å². The molecule has 0 bridgehead atoms. The monoisotopic (exact) mass is 507 g/mol. The van der Waals surface area contributed by atoms with Crippen molar-refractivity contribution in [2.45, 2.75) is 70.5 Å². The number of fused-ring (bicyclic) bond motifs is 1. The van der Waals surface area contributed by atoms with Crippen LogP contribution in [0.5, 0.6) is 0 Å². The number of hydrogen-bond donors (Lipinski definition) is 1. The SMILES string of the molecule is CCCCN1C(=O)c2cc(C(=O)N3CCN(c4ccccn4)CC3)nn2C[C@]1(C)C(=O)NC1CCCC1. The van der Waals surface area contributed by atoms with Gasteiger partial charge in [0.05, 0.1) is 6.54 Å². The highest BCUT2D eigenvalue weighted by molar-refractivity contribution is 6.02. The zero-order valence-corrected chi connectivity index (χ0v) is 21.9. The van der Waals surface area contributed by atoms with Crippen LogP contribution in [0.3, 0.4) is 0 Å². The quantitative estimate of drug-likeness (QED) is 0.617. The molecule has 2 aliphatic heterocycles. The zero-order chi connectivity index (χ0) is 26.0. The van der Waals surface area contributed by atoms with Crippen LogP contribution in [0.25, 0.3) is 0 Å². The van der Waals surface area contributed by atoms with Crippen molar-refractivity contribution in [1.82, 2.24) is 29.9 Å². The molecule has 1 saturated heterocycles. The second kappa shape index (κ2) is 10.5. The number of anilines is 1. The minimum absolute atomic E-state index is 0.136. The minimum atomic E-state index is -1.05. The van der Waals surface area contributed by atoms with E-state index in [9.17, 15) is 14.4 Å². The molecule has 0 spiro atoms. The summed E-state index contributed by atoms with van der Waals surface area (Å²) in [7, 11) is 0. The standard InChI is InChI=1S/C27H37N7O3/c1-3-4-13-33-25(36)22-18-21(24(35)32-16-14-31(15-17-32)23-11-7-8-12-28-23)30-34(22)19-27(33,2)26(37)29-20-9-5-6-10-20/h7-8,11-12,18,20H,3-6,9-10,13-17,19H2,1-2H3,(H,29,37)/t27-/m1/s1. The number of hydrogen-bond acceptors (Lipinski definition) is 6. The van der Waals surface area contributed by atoms with Crippen molar-refractivity contribution in [3.63, 3.8) is 0 Å². The lowest BCUT2D eigenvalue weighted by molar-refractivity contribution is -0.133. The highest BCUT2D eigenvalue weighted by atomic mass is 16.2. The molecule has 4 heterocycles. The summed E-state index contributed by atoms with van der Waals surface area (Å²) in [6.45, 7) is 7.09. The summed E-state index contributed by atoms with van der Waals surface area (Å²) in [6, 6.07) is 7.57. The summed E-state index contributed by atoms with van der Waals surface area (Å²) in [6.07, 6.45) is 7.67. The molecule has 1 aliphatic carbocycles. The van der Waals surface area contributed by atoms with Gasteiger partial charge in [-0.05, 0) is 38.3 Å². The van der Waals surface area contributed by atoms with Crippen LogP contribution >= 0.6 is 0 Å². The molecule has 1 N–H and O–H groups in total. The molecular formula is C27H37N7O3. The number of rotatable bonds is 7. The fourth-order valence-electron chi connectivity index (χ4n) is 5.66. The van der Waals surface area contributed by atoms with Crippen molar-refractivity contribution in [3.8, 4) is 0 Å². The van der Waals surface area contributed by atoms with E-state index in [0.29, 0.717) is 38.4 Å². The van der Waals surface area contributed by atoms with Gasteiger partial charge >= 0.3 is 0 Å². The molecule has 3 amide bonds. The zero-order valence-electron chi connectivity index (χ0n) is 21.9. The van der Waals surface area contributed by atoms with Crippen LogP contribution in [-0.4, -0.2) is 86.6 Å². The first kappa shape index (κ1) is 25.2. The molecule has 1 atom stereocenters. The number of nitrogens with zero attached hydrogens (tertiary/aromatic N) is 6. The molecule has 198 valence electrons. The predicted molar refractivity (Wildman–Crippen MR) is 139 cm³/mol. The number of amides is 3. The molecule has 0 radical (unpaired) electrons. The maximum Gasteiger partial charge on any atom is 0.274 e. The fraction of sp³-hybridized carbons (Fsp3) is 0.593. The van der Waals surface area contributed by atoms with Gasteiger partial charge in [0.1, 0.15) is 17.1 Å². The maximum atomic E-state index is 13.6. The molecule has 10 nitrogen and oxygen atoms in total. The third-order valence-corrected chi connectivity index (χ3v) is 7.97. The average molecular weight is 508 g/mol. The van der Waals surface area contributed by atoms with Crippen molar-refractivity contribution in [1.29, 1.82) is 0 Å². The molecule has 1 saturated carbocycles. The number of piperazine rings is 1. The average Bonchev–Trinajstić information content (AvgIpc) is 3.59. The van der Waals surface area contributed by atoms with E-state index in [-0.39, 0.29) is 36.0 Å². The van der Waals surface area contributed by atoms with Crippen LogP contribution in [0.2, 0.25) is 0 Å².